The first-order valence-corrected chi connectivity index (χ1v) is 6.69. The Kier molecular flexibility index (Phi) is 4.74. The van der Waals surface area contributed by atoms with Crippen molar-refractivity contribution in [1.29, 1.82) is 0 Å². The number of piperidine rings is 1. The largest absolute Gasteiger partial charge is 0.481 e. The standard InChI is InChI=1S/C14H21N3O2/c1-10-7-12(5-6-15-10)14(18)17-9-11-3-4-13(19-2)16-8-11/h3-4,8,10,12,15H,5-7,9H2,1-2H3,(H,17,18). The molecule has 2 rings (SSSR count). The maximum absolute atomic E-state index is 12.1. The van der Waals surface area contributed by atoms with Gasteiger partial charge in [-0.25, -0.2) is 4.98 Å². The molecular weight excluding hydrogens is 242 g/mol. The van der Waals surface area contributed by atoms with Gasteiger partial charge in [0.1, 0.15) is 0 Å². The summed E-state index contributed by atoms with van der Waals surface area (Å²) in [5.74, 6) is 0.855. The van der Waals surface area contributed by atoms with E-state index in [2.05, 4.69) is 22.5 Å². The monoisotopic (exact) mass is 263 g/mol. The molecule has 1 fully saturated rings. The molecule has 1 aliphatic rings. The van der Waals surface area contributed by atoms with Crippen LogP contribution in [0.2, 0.25) is 0 Å². The summed E-state index contributed by atoms with van der Waals surface area (Å²) >= 11 is 0. The molecule has 2 N–H and O–H groups in total. The molecule has 0 aromatic carbocycles. The van der Waals surface area contributed by atoms with Crippen molar-refractivity contribution in [2.75, 3.05) is 13.7 Å². The molecule has 0 saturated carbocycles. The predicted molar refractivity (Wildman–Crippen MR) is 72.8 cm³/mol. The van der Waals surface area contributed by atoms with E-state index in [4.69, 9.17) is 4.74 Å². The van der Waals surface area contributed by atoms with Gasteiger partial charge in [0.25, 0.3) is 0 Å². The molecule has 0 bridgehead atoms. The Bertz CT molecular complexity index is 419. The second-order valence-corrected chi connectivity index (χ2v) is 5.00. The Balaban J connectivity index is 1.82. The molecule has 0 spiro atoms. The van der Waals surface area contributed by atoms with E-state index in [0.29, 0.717) is 18.5 Å². The number of nitrogens with zero attached hydrogens (tertiary/aromatic N) is 1. The molecule has 5 heteroatoms. The summed E-state index contributed by atoms with van der Waals surface area (Å²) in [6.07, 6.45) is 3.55. The van der Waals surface area contributed by atoms with Crippen LogP contribution in [0.4, 0.5) is 0 Å². The number of methoxy groups -OCH3 is 1. The van der Waals surface area contributed by atoms with Crippen molar-refractivity contribution in [3.63, 3.8) is 0 Å². The number of hydrogen-bond donors (Lipinski definition) is 2. The normalized spacial score (nSPS) is 22.8. The molecule has 1 aromatic rings. The van der Waals surface area contributed by atoms with Crippen LogP contribution in [0.3, 0.4) is 0 Å². The molecular formula is C14H21N3O2. The van der Waals surface area contributed by atoms with Gasteiger partial charge < -0.3 is 15.4 Å². The van der Waals surface area contributed by atoms with E-state index < -0.39 is 0 Å². The van der Waals surface area contributed by atoms with Crippen molar-refractivity contribution in [2.45, 2.75) is 32.4 Å². The lowest BCUT2D eigenvalue weighted by Crippen LogP contribution is -2.42. The highest BCUT2D eigenvalue weighted by Crippen LogP contribution is 2.16. The van der Waals surface area contributed by atoms with Gasteiger partial charge in [-0.15, -0.1) is 0 Å². The van der Waals surface area contributed by atoms with Crippen LogP contribution in [0.1, 0.15) is 25.3 Å². The molecule has 5 nitrogen and oxygen atoms in total. The SMILES string of the molecule is COc1ccc(CNC(=O)C2CCNC(C)C2)cn1. The average Bonchev–Trinajstić information content (AvgIpc) is 2.45. The predicted octanol–water partition coefficient (Wildman–Crippen LogP) is 1.09. The summed E-state index contributed by atoms with van der Waals surface area (Å²) in [7, 11) is 1.59. The smallest absolute Gasteiger partial charge is 0.223 e. The third-order valence-electron chi connectivity index (χ3n) is 3.47. The molecule has 1 saturated heterocycles. The Hall–Kier alpha value is -1.62. The molecule has 104 valence electrons. The van der Waals surface area contributed by atoms with Gasteiger partial charge in [0.15, 0.2) is 0 Å². The molecule has 19 heavy (non-hydrogen) atoms. The summed E-state index contributed by atoms with van der Waals surface area (Å²) < 4.78 is 5.00. The lowest BCUT2D eigenvalue weighted by molar-refractivity contribution is -0.126. The van der Waals surface area contributed by atoms with E-state index >= 15 is 0 Å². The molecule has 2 heterocycles. The van der Waals surface area contributed by atoms with Gasteiger partial charge in [-0.2, -0.15) is 0 Å². The average molecular weight is 263 g/mol. The molecule has 1 aromatic heterocycles. The highest BCUT2D eigenvalue weighted by atomic mass is 16.5. The third-order valence-corrected chi connectivity index (χ3v) is 3.47. The second-order valence-electron chi connectivity index (χ2n) is 5.00. The van der Waals surface area contributed by atoms with Gasteiger partial charge >= 0.3 is 0 Å². The van der Waals surface area contributed by atoms with E-state index in [9.17, 15) is 4.79 Å². The Labute approximate surface area is 113 Å². The molecule has 1 amide bonds. The second kappa shape index (κ2) is 6.52. The van der Waals surface area contributed by atoms with Crippen LogP contribution in [0, 0.1) is 5.92 Å². The zero-order chi connectivity index (χ0) is 13.7. The zero-order valence-electron chi connectivity index (χ0n) is 11.5. The van der Waals surface area contributed by atoms with Crippen molar-refractivity contribution < 1.29 is 9.53 Å². The molecule has 0 radical (unpaired) electrons. The van der Waals surface area contributed by atoms with Crippen LogP contribution in [0.5, 0.6) is 5.88 Å². The molecule has 1 aliphatic heterocycles. The summed E-state index contributed by atoms with van der Waals surface area (Å²) in [5, 5.41) is 6.33. The molecule has 2 unspecified atom stereocenters. The number of hydrogen-bond acceptors (Lipinski definition) is 4. The number of ether oxygens (including phenoxy) is 1. The number of aromatic nitrogens is 1. The maximum Gasteiger partial charge on any atom is 0.223 e. The van der Waals surface area contributed by atoms with Crippen LogP contribution < -0.4 is 15.4 Å². The van der Waals surface area contributed by atoms with Gasteiger partial charge in [-0.3, -0.25) is 4.79 Å². The Morgan fingerprint density at radius 3 is 3.05 bits per heavy atom. The highest BCUT2D eigenvalue weighted by molar-refractivity contribution is 5.78. The van der Waals surface area contributed by atoms with Crippen LogP contribution in [-0.4, -0.2) is 30.6 Å². The fourth-order valence-corrected chi connectivity index (χ4v) is 2.34. The highest BCUT2D eigenvalue weighted by Gasteiger charge is 2.24. The summed E-state index contributed by atoms with van der Waals surface area (Å²) in [4.78, 5) is 16.2. The van der Waals surface area contributed by atoms with Gasteiger partial charge in [-0.05, 0) is 31.9 Å². The fraction of sp³-hybridized carbons (Fsp3) is 0.571. The van der Waals surface area contributed by atoms with E-state index in [1.165, 1.54) is 0 Å². The van der Waals surface area contributed by atoms with Gasteiger partial charge in [0.05, 0.1) is 7.11 Å². The van der Waals surface area contributed by atoms with Crippen molar-refractivity contribution >= 4 is 5.91 Å². The van der Waals surface area contributed by atoms with Gasteiger partial charge in [0, 0.05) is 30.8 Å². The van der Waals surface area contributed by atoms with Crippen LogP contribution in [0.15, 0.2) is 18.3 Å². The van der Waals surface area contributed by atoms with Crippen LogP contribution in [0.25, 0.3) is 0 Å². The summed E-state index contributed by atoms with van der Waals surface area (Å²) in [6.45, 7) is 3.56. The van der Waals surface area contributed by atoms with Crippen LogP contribution in [-0.2, 0) is 11.3 Å². The number of nitrogens with one attached hydrogen (secondary N) is 2. The first-order valence-electron chi connectivity index (χ1n) is 6.69. The number of amides is 1. The van der Waals surface area contributed by atoms with Crippen molar-refractivity contribution in [2.24, 2.45) is 5.92 Å². The van der Waals surface area contributed by atoms with Crippen molar-refractivity contribution in [3.05, 3.63) is 23.9 Å². The minimum Gasteiger partial charge on any atom is -0.481 e. The van der Waals surface area contributed by atoms with E-state index in [1.807, 2.05) is 6.07 Å². The fourth-order valence-electron chi connectivity index (χ4n) is 2.34. The number of rotatable bonds is 4. The number of carbonyl (C=O) groups is 1. The van der Waals surface area contributed by atoms with Gasteiger partial charge in [0.2, 0.25) is 11.8 Å². The van der Waals surface area contributed by atoms with Crippen molar-refractivity contribution in [3.8, 4) is 5.88 Å². The Morgan fingerprint density at radius 1 is 1.58 bits per heavy atom. The van der Waals surface area contributed by atoms with Crippen molar-refractivity contribution in [1.82, 2.24) is 15.6 Å². The lowest BCUT2D eigenvalue weighted by Gasteiger charge is -2.27. The summed E-state index contributed by atoms with van der Waals surface area (Å²) in [6, 6.07) is 4.14. The first kappa shape index (κ1) is 13.8. The van der Waals surface area contributed by atoms with Crippen LogP contribution >= 0.6 is 0 Å². The number of pyridine rings is 1. The summed E-state index contributed by atoms with van der Waals surface area (Å²) in [5.41, 5.74) is 0.983. The third kappa shape index (κ3) is 3.92. The molecule has 0 aliphatic carbocycles. The first-order chi connectivity index (χ1) is 9.19. The number of carbonyl (C=O) groups excluding carboxylic acids is 1. The quantitative estimate of drug-likeness (QED) is 0.853. The minimum atomic E-state index is 0.127. The van der Waals surface area contributed by atoms with E-state index in [0.717, 1.165) is 24.9 Å². The topological polar surface area (TPSA) is 63.2 Å². The molecule has 2 atom stereocenters. The zero-order valence-corrected chi connectivity index (χ0v) is 11.5. The Morgan fingerprint density at radius 2 is 2.42 bits per heavy atom. The van der Waals surface area contributed by atoms with Gasteiger partial charge in [-0.1, -0.05) is 6.07 Å². The minimum absolute atomic E-state index is 0.127. The van der Waals surface area contributed by atoms with E-state index in [1.54, 1.807) is 19.4 Å². The van der Waals surface area contributed by atoms with E-state index in [-0.39, 0.29) is 11.8 Å². The lowest BCUT2D eigenvalue weighted by atomic mass is 9.92. The maximum atomic E-state index is 12.1.